The number of nitrogens with one attached hydrogen (secondary N) is 1. The molecule has 0 atom stereocenters. The number of carbonyl (C=O) groups is 1. The van der Waals surface area contributed by atoms with Crippen LogP contribution in [0.4, 0.5) is 19.0 Å². The van der Waals surface area contributed by atoms with Gasteiger partial charge >= 0.3 is 12.1 Å². The van der Waals surface area contributed by atoms with Crippen molar-refractivity contribution >= 4 is 11.8 Å². The molecule has 2 aromatic rings. The fraction of sp³-hybridized carbons (Fsp3) is 0.154. The Hall–Kier alpha value is -2.64. The average molecular weight is 297 g/mol. The third-order valence-corrected chi connectivity index (χ3v) is 2.63. The monoisotopic (exact) mass is 297 g/mol. The van der Waals surface area contributed by atoms with E-state index in [2.05, 4.69) is 15.5 Å². The minimum absolute atomic E-state index is 0.160. The molecular formula is C13H10F3N3O2. The zero-order valence-electron chi connectivity index (χ0n) is 10.6. The van der Waals surface area contributed by atoms with Crippen LogP contribution in [-0.2, 0) is 12.7 Å². The highest BCUT2D eigenvalue weighted by atomic mass is 19.4. The average Bonchev–Trinajstić information content (AvgIpc) is 2.45. The van der Waals surface area contributed by atoms with Gasteiger partial charge in [-0.1, -0.05) is 12.1 Å². The zero-order chi connectivity index (χ0) is 15.5. The molecule has 0 spiro atoms. The number of halogens is 3. The number of hydrogen-bond acceptors (Lipinski definition) is 4. The van der Waals surface area contributed by atoms with Crippen LogP contribution in [-0.4, -0.2) is 21.3 Å². The number of carboxylic acids is 1. The summed E-state index contributed by atoms with van der Waals surface area (Å²) in [5.74, 6) is -0.826. The molecular weight excluding hydrogens is 287 g/mol. The predicted octanol–water partition coefficient (Wildman–Crippen LogP) is 2.81. The summed E-state index contributed by atoms with van der Waals surface area (Å²) in [4.78, 5) is 10.7. The van der Waals surface area contributed by atoms with Gasteiger partial charge in [-0.2, -0.15) is 13.2 Å². The van der Waals surface area contributed by atoms with E-state index in [0.29, 0.717) is 6.54 Å². The lowest BCUT2D eigenvalue weighted by atomic mass is 10.1. The van der Waals surface area contributed by atoms with E-state index >= 15 is 0 Å². The van der Waals surface area contributed by atoms with Gasteiger partial charge in [-0.15, -0.1) is 10.2 Å². The van der Waals surface area contributed by atoms with Gasteiger partial charge in [-0.05, 0) is 29.8 Å². The molecule has 0 aliphatic heterocycles. The van der Waals surface area contributed by atoms with Gasteiger partial charge < -0.3 is 10.4 Å². The molecule has 0 fully saturated rings. The van der Waals surface area contributed by atoms with Crippen molar-refractivity contribution in [1.82, 2.24) is 10.2 Å². The summed E-state index contributed by atoms with van der Waals surface area (Å²) in [6, 6.07) is 8.11. The van der Waals surface area contributed by atoms with E-state index in [4.69, 9.17) is 5.11 Å². The second-order valence-electron chi connectivity index (χ2n) is 4.16. The molecule has 0 saturated heterocycles. The number of aromatic carboxylic acids is 1. The molecule has 1 aromatic carbocycles. The van der Waals surface area contributed by atoms with E-state index in [-0.39, 0.29) is 11.4 Å². The Bertz CT molecular complexity index is 625. The molecule has 0 aliphatic rings. The fourth-order valence-electron chi connectivity index (χ4n) is 1.54. The quantitative estimate of drug-likeness (QED) is 0.907. The highest BCUT2D eigenvalue weighted by Gasteiger charge is 2.32. The zero-order valence-corrected chi connectivity index (χ0v) is 10.6. The van der Waals surface area contributed by atoms with Crippen LogP contribution in [0.25, 0.3) is 0 Å². The Labute approximate surface area is 117 Å². The van der Waals surface area contributed by atoms with Crippen molar-refractivity contribution in [3.05, 3.63) is 53.2 Å². The van der Waals surface area contributed by atoms with Crippen LogP contribution in [0.3, 0.4) is 0 Å². The fourth-order valence-corrected chi connectivity index (χ4v) is 1.54. The first kappa shape index (κ1) is 14.8. The largest absolute Gasteiger partial charge is 0.478 e. The molecule has 1 heterocycles. The molecule has 21 heavy (non-hydrogen) atoms. The van der Waals surface area contributed by atoms with Crippen LogP contribution in [0.1, 0.15) is 21.6 Å². The number of aromatic nitrogens is 2. The van der Waals surface area contributed by atoms with Crippen molar-refractivity contribution in [3.8, 4) is 0 Å². The number of benzene rings is 1. The second kappa shape index (κ2) is 5.78. The molecule has 8 heteroatoms. The Morgan fingerprint density at radius 3 is 2.24 bits per heavy atom. The molecule has 0 bridgehead atoms. The Kier molecular flexibility index (Phi) is 4.06. The summed E-state index contributed by atoms with van der Waals surface area (Å²) in [5.41, 5.74) is -0.131. The number of alkyl halides is 3. The lowest BCUT2D eigenvalue weighted by molar-refractivity contribution is -0.141. The maximum Gasteiger partial charge on any atom is 0.435 e. The van der Waals surface area contributed by atoms with Gasteiger partial charge in [0.05, 0.1) is 5.56 Å². The smallest absolute Gasteiger partial charge is 0.435 e. The summed E-state index contributed by atoms with van der Waals surface area (Å²) in [5, 5.41) is 18.1. The molecule has 2 rings (SSSR count). The van der Waals surface area contributed by atoms with Gasteiger partial charge in [-0.25, -0.2) is 4.79 Å². The van der Waals surface area contributed by atoms with Gasteiger partial charge in [0.25, 0.3) is 0 Å². The second-order valence-corrected chi connectivity index (χ2v) is 4.16. The SMILES string of the molecule is O=C(O)c1ccc(CNc2ccc(C(F)(F)F)nn2)cc1. The summed E-state index contributed by atoms with van der Waals surface area (Å²) < 4.78 is 36.9. The number of hydrogen-bond donors (Lipinski definition) is 2. The summed E-state index contributed by atoms with van der Waals surface area (Å²) in [7, 11) is 0. The van der Waals surface area contributed by atoms with Crippen molar-refractivity contribution < 1.29 is 23.1 Å². The van der Waals surface area contributed by atoms with Crippen LogP contribution in [0.5, 0.6) is 0 Å². The maximum absolute atomic E-state index is 12.3. The summed E-state index contributed by atoms with van der Waals surface area (Å²) in [6.07, 6.45) is -4.52. The maximum atomic E-state index is 12.3. The van der Waals surface area contributed by atoms with Crippen LogP contribution in [0.15, 0.2) is 36.4 Å². The van der Waals surface area contributed by atoms with Crippen molar-refractivity contribution in [2.45, 2.75) is 12.7 Å². The van der Waals surface area contributed by atoms with Gasteiger partial charge in [0, 0.05) is 6.54 Å². The van der Waals surface area contributed by atoms with E-state index in [1.54, 1.807) is 12.1 Å². The van der Waals surface area contributed by atoms with Crippen molar-refractivity contribution in [2.24, 2.45) is 0 Å². The standard InChI is InChI=1S/C13H10F3N3O2/c14-13(15,16)10-5-6-11(19-18-10)17-7-8-1-3-9(4-2-8)12(20)21/h1-6H,7H2,(H,17,19)(H,20,21). The van der Waals surface area contributed by atoms with E-state index in [1.165, 1.54) is 18.2 Å². The number of nitrogens with zero attached hydrogens (tertiary/aromatic N) is 2. The van der Waals surface area contributed by atoms with Crippen LogP contribution in [0.2, 0.25) is 0 Å². The van der Waals surface area contributed by atoms with Gasteiger partial charge in [-0.3, -0.25) is 0 Å². The van der Waals surface area contributed by atoms with Crippen molar-refractivity contribution in [3.63, 3.8) is 0 Å². The highest BCUT2D eigenvalue weighted by molar-refractivity contribution is 5.87. The molecule has 0 radical (unpaired) electrons. The molecule has 110 valence electrons. The first-order chi connectivity index (χ1) is 9.86. The lowest BCUT2D eigenvalue weighted by Gasteiger charge is -2.07. The van der Waals surface area contributed by atoms with Crippen LogP contribution < -0.4 is 5.32 Å². The van der Waals surface area contributed by atoms with Gasteiger partial charge in [0.2, 0.25) is 0 Å². The van der Waals surface area contributed by atoms with Crippen molar-refractivity contribution in [1.29, 1.82) is 0 Å². The molecule has 0 saturated carbocycles. The van der Waals surface area contributed by atoms with Gasteiger partial charge in [0.1, 0.15) is 5.82 Å². The summed E-state index contributed by atoms with van der Waals surface area (Å²) >= 11 is 0. The van der Waals surface area contributed by atoms with E-state index in [1.807, 2.05) is 0 Å². The minimum Gasteiger partial charge on any atom is -0.478 e. The van der Waals surface area contributed by atoms with Crippen LogP contribution in [0, 0.1) is 0 Å². The number of rotatable bonds is 4. The molecule has 5 nitrogen and oxygen atoms in total. The summed E-state index contributed by atoms with van der Waals surface area (Å²) in [6.45, 7) is 0.292. The van der Waals surface area contributed by atoms with E-state index in [0.717, 1.165) is 11.6 Å². The topological polar surface area (TPSA) is 75.1 Å². The first-order valence-corrected chi connectivity index (χ1v) is 5.83. The first-order valence-electron chi connectivity index (χ1n) is 5.83. The van der Waals surface area contributed by atoms with Gasteiger partial charge in [0.15, 0.2) is 5.69 Å². The molecule has 0 unspecified atom stereocenters. The van der Waals surface area contributed by atoms with Crippen molar-refractivity contribution in [2.75, 3.05) is 5.32 Å². The Morgan fingerprint density at radius 1 is 1.10 bits per heavy atom. The lowest BCUT2D eigenvalue weighted by Crippen LogP contribution is -2.10. The Morgan fingerprint density at radius 2 is 1.76 bits per heavy atom. The predicted molar refractivity (Wildman–Crippen MR) is 67.8 cm³/mol. The number of anilines is 1. The van der Waals surface area contributed by atoms with E-state index < -0.39 is 17.8 Å². The number of carboxylic acid groups (broad SMARTS) is 1. The molecule has 0 aliphatic carbocycles. The normalized spacial score (nSPS) is 11.2. The molecule has 2 N–H and O–H groups in total. The third-order valence-electron chi connectivity index (χ3n) is 2.63. The molecule has 0 amide bonds. The third kappa shape index (κ3) is 3.91. The van der Waals surface area contributed by atoms with Crippen LogP contribution >= 0.6 is 0 Å². The Balaban J connectivity index is 1.98. The van der Waals surface area contributed by atoms with E-state index in [9.17, 15) is 18.0 Å². The molecule has 1 aromatic heterocycles. The minimum atomic E-state index is -4.52. The highest BCUT2D eigenvalue weighted by Crippen LogP contribution is 2.27.